The quantitative estimate of drug-likeness (QED) is 0.522. The van der Waals surface area contributed by atoms with E-state index in [-0.39, 0.29) is 22.5 Å². The molecule has 1 heterocycles. The van der Waals surface area contributed by atoms with Gasteiger partial charge in [-0.25, -0.2) is 23.1 Å². The van der Waals surface area contributed by atoms with Gasteiger partial charge in [-0.1, -0.05) is 23.7 Å². The number of sulfonamides is 1. The summed E-state index contributed by atoms with van der Waals surface area (Å²) in [6, 6.07) is 15.0. The molecule has 1 aromatic heterocycles. The summed E-state index contributed by atoms with van der Waals surface area (Å²) in [6.45, 7) is 1.74. The fourth-order valence-electron chi connectivity index (χ4n) is 2.48. The van der Waals surface area contributed by atoms with Crippen molar-refractivity contribution >= 4 is 50.9 Å². The predicted molar refractivity (Wildman–Crippen MR) is 120 cm³/mol. The molecule has 0 spiro atoms. The van der Waals surface area contributed by atoms with Gasteiger partial charge < -0.3 is 5.32 Å². The van der Waals surface area contributed by atoms with Crippen molar-refractivity contribution in [2.45, 2.75) is 17.6 Å². The number of carbonyl (C=O) groups excluding carboxylic acids is 1. The Balaban J connectivity index is 1.53. The van der Waals surface area contributed by atoms with E-state index in [1.807, 2.05) is 18.2 Å². The van der Waals surface area contributed by atoms with Crippen LogP contribution in [0.15, 0.2) is 65.7 Å². The van der Waals surface area contributed by atoms with Gasteiger partial charge in [-0.3, -0.25) is 4.79 Å². The van der Waals surface area contributed by atoms with Crippen LogP contribution in [0.25, 0.3) is 0 Å². The number of rotatable bonds is 8. The van der Waals surface area contributed by atoms with Gasteiger partial charge in [-0.2, -0.15) is 0 Å². The largest absolute Gasteiger partial charge is 0.325 e. The Labute approximate surface area is 184 Å². The number of anilines is 2. The van der Waals surface area contributed by atoms with E-state index in [2.05, 4.69) is 20.0 Å². The lowest BCUT2D eigenvalue weighted by Gasteiger charge is -2.09. The fraction of sp³-hybridized carbons (Fsp3) is 0.150. The van der Waals surface area contributed by atoms with Crippen LogP contribution in [0.2, 0.25) is 5.02 Å². The fourth-order valence-corrected chi connectivity index (χ4v) is 4.42. The zero-order chi connectivity index (χ0) is 21.6. The van der Waals surface area contributed by atoms with E-state index in [4.69, 9.17) is 11.6 Å². The zero-order valence-corrected chi connectivity index (χ0v) is 18.4. The van der Waals surface area contributed by atoms with Crippen LogP contribution >= 0.6 is 23.4 Å². The number of carbonyl (C=O) groups is 1. The predicted octanol–water partition coefficient (Wildman–Crippen LogP) is 4.11. The molecule has 0 unspecified atom stereocenters. The molecule has 0 atom stereocenters. The van der Waals surface area contributed by atoms with Gasteiger partial charge in [-0.05, 0) is 55.0 Å². The number of hydrogen-bond acceptors (Lipinski definition) is 6. The highest BCUT2D eigenvalue weighted by atomic mass is 35.5. The van der Waals surface area contributed by atoms with Gasteiger partial charge in [0.25, 0.3) is 10.0 Å². The zero-order valence-electron chi connectivity index (χ0n) is 16.0. The van der Waals surface area contributed by atoms with Crippen LogP contribution in [0.1, 0.15) is 11.3 Å². The topological polar surface area (TPSA) is 101 Å². The van der Waals surface area contributed by atoms with E-state index in [1.165, 1.54) is 42.2 Å². The molecule has 0 aliphatic heterocycles. The highest BCUT2D eigenvalue weighted by Gasteiger charge is 2.16. The monoisotopic (exact) mass is 462 g/mol. The van der Waals surface area contributed by atoms with E-state index < -0.39 is 10.0 Å². The minimum Gasteiger partial charge on any atom is -0.325 e. The summed E-state index contributed by atoms with van der Waals surface area (Å²) in [5, 5.41) is 3.41. The Hall–Kier alpha value is -2.62. The number of hydrogen-bond donors (Lipinski definition) is 2. The second kappa shape index (κ2) is 9.92. The van der Waals surface area contributed by atoms with E-state index in [0.29, 0.717) is 22.2 Å². The van der Waals surface area contributed by atoms with Crippen molar-refractivity contribution in [1.29, 1.82) is 0 Å². The summed E-state index contributed by atoms with van der Waals surface area (Å²) in [5.41, 5.74) is 2.20. The molecule has 0 radical (unpaired) electrons. The molecule has 1 amide bonds. The molecule has 0 saturated carbocycles. The van der Waals surface area contributed by atoms with Crippen LogP contribution in [0.4, 0.5) is 11.6 Å². The summed E-state index contributed by atoms with van der Waals surface area (Å²) in [7, 11) is -3.83. The number of nitrogens with one attached hydrogen (secondary N) is 2. The average Bonchev–Trinajstić information content (AvgIpc) is 2.68. The molecule has 0 aliphatic rings. The molecule has 0 bridgehead atoms. The maximum absolute atomic E-state index is 12.5. The third-order valence-corrected chi connectivity index (χ3v) is 6.44. The van der Waals surface area contributed by atoms with E-state index in [1.54, 1.807) is 19.1 Å². The van der Waals surface area contributed by atoms with Crippen molar-refractivity contribution in [1.82, 2.24) is 9.97 Å². The first-order chi connectivity index (χ1) is 14.3. The van der Waals surface area contributed by atoms with Crippen molar-refractivity contribution in [2.24, 2.45) is 0 Å². The summed E-state index contributed by atoms with van der Waals surface area (Å²) >= 11 is 7.41. The SMILES string of the molecule is Cc1ccnc(NS(=O)(=O)c2ccc(NC(=O)CSCc3cccc(Cl)c3)cc2)n1. The van der Waals surface area contributed by atoms with Gasteiger partial charge in [-0.15, -0.1) is 11.8 Å². The third-order valence-electron chi connectivity index (χ3n) is 3.86. The van der Waals surface area contributed by atoms with Crippen molar-refractivity contribution in [3.05, 3.63) is 77.1 Å². The van der Waals surface area contributed by atoms with Crippen LogP contribution in [0.3, 0.4) is 0 Å². The maximum Gasteiger partial charge on any atom is 0.264 e. The molecule has 10 heteroatoms. The molecule has 0 saturated heterocycles. The molecule has 30 heavy (non-hydrogen) atoms. The molecular weight excluding hydrogens is 444 g/mol. The molecule has 3 rings (SSSR count). The van der Waals surface area contributed by atoms with E-state index in [0.717, 1.165) is 5.56 Å². The van der Waals surface area contributed by atoms with Gasteiger partial charge in [0.15, 0.2) is 0 Å². The minimum absolute atomic E-state index is 0.00380. The summed E-state index contributed by atoms with van der Waals surface area (Å²) in [6.07, 6.45) is 1.48. The lowest BCUT2D eigenvalue weighted by molar-refractivity contribution is -0.113. The van der Waals surface area contributed by atoms with Gasteiger partial charge in [0, 0.05) is 28.4 Å². The Morgan fingerprint density at radius 2 is 1.90 bits per heavy atom. The van der Waals surface area contributed by atoms with Crippen LogP contribution in [0, 0.1) is 6.92 Å². The second-order valence-electron chi connectivity index (χ2n) is 6.32. The molecule has 0 fully saturated rings. The summed E-state index contributed by atoms with van der Waals surface area (Å²) < 4.78 is 27.2. The molecule has 0 aliphatic carbocycles. The summed E-state index contributed by atoms with van der Waals surface area (Å²) in [4.78, 5) is 20.1. The minimum atomic E-state index is -3.83. The Morgan fingerprint density at radius 1 is 1.13 bits per heavy atom. The molecule has 2 N–H and O–H groups in total. The standard InChI is InChI=1S/C20H19ClN4O3S2/c1-14-9-10-22-20(23-14)25-30(27,28)18-7-5-17(6-8-18)24-19(26)13-29-12-15-3-2-4-16(21)11-15/h2-11H,12-13H2,1H3,(H,24,26)(H,22,23,25). The highest BCUT2D eigenvalue weighted by molar-refractivity contribution is 7.99. The van der Waals surface area contributed by atoms with Crippen molar-refractivity contribution < 1.29 is 13.2 Å². The van der Waals surface area contributed by atoms with Crippen LogP contribution < -0.4 is 10.0 Å². The first kappa shape index (κ1) is 22.1. The lowest BCUT2D eigenvalue weighted by Crippen LogP contribution is -2.16. The molecule has 2 aromatic carbocycles. The van der Waals surface area contributed by atoms with Crippen molar-refractivity contribution in [3.8, 4) is 0 Å². The van der Waals surface area contributed by atoms with Gasteiger partial charge in [0.2, 0.25) is 11.9 Å². The highest BCUT2D eigenvalue weighted by Crippen LogP contribution is 2.19. The number of benzene rings is 2. The number of thioether (sulfide) groups is 1. The molecule has 3 aromatic rings. The maximum atomic E-state index is 12.5. The van der Waals surface area contributed by atoms with Gasteiger partial charge in [0.05, 0.1) is 10.6 Å². The molecule has 156 valence electrons. The van der Waals surface area contributed by atoms with Crippen LogP contribution in [-0.4, -0.2) is 30.0 Å². The smallest absolute Gasteiger partial charge is 0.264 e. The van der Waals surface area contributed by atoms with Crippen molar-refractivity contribution in [2.75, 3.05) is 15.8 Å². The Kier molecular flexibility index (Phi) is 7.30. The van der Waals surface area contributed by atoms with E-state index in [9.17, 15) is 13.2 Å². The average molecular weight is 463 g/mol. The van der Waals surface area contributed by atoms with Gasteiger partial charge in [0.1, 0.15) is 0 Å². The number of aryl methyl sites for hydroxylation is 1. The Morgan fingerprint density at radius 3 is 2.60 bits per heavy atom. The van der Waals surface area contributed by atoms with Crippen LogP contribution in [0.5, 0.6) is 0 Å². The summed E-state index contributed by atoms with van der Waals surface area (Å²) in [5.74, 6) is 0.754. The van der Waals surface area contributed by atoms with Gasteiger partial charge >= 0.3 is 0 Å². The molecule has 7 nitrogen and oxygen atoms in total. The van der Waals surface area contributed by atoms with Crippen molar-refractivity contribution in [3.63, 3.8) is 0 Å². The Bertz CT molecular complexity index is 1140. The molecular formula is C20H19ClN4O3S2. The first-order valence-electron chi connectivity index (χ1n) is 8.86. The first-order valence-corrected chi connectivity index (χ1v) is 11.9. The lowest BCUT2D eigenvalue weighted by atomic mass is 10.2. The van der Waals surface area contributed by atoms with Crippen LogP contribution in [-0.2, 0) is 20.6 Å². The number of halogens is 1. The van der Waals surface area contributed by atoms with E-state index >= 15 is 0 Å². The number of aromatic nitrogens is 2. The number of nitrogens with zero attached hydrogens (tertiary/aromatic N) is 2. The third kappa shape index (κ3) is 6.45. The second-order valence-corrected chi connectivity index (χ2v) is 9.43. The normalized spacial score (nSPS) is 11.1. The number of amides is 1.